The highest BCUT2D eigenvalue weighted by molar-refractivity contribution is 7.97. The van der Waals surface area contributed by atoms with Crippen molar-refractivity contribution in [2.24, 2.45) is 0 Å². The van der Waals surface area contributed by atoms with Crippen LogP contribution in [0.4, 0.5) is 0 Å². The predicted molar refractivity (Wildman–Crippen MR) is 136 cm³/mol. The van der Waals surface area contributed by atoms with Gasteiger partial charge in [0, 0.05) is 7.11 Å². The standard InChI is InChI=1S/C24H25S.C4H6.CH4O/c1-4-10-20(11-5-1)21-16-18-24(19-17-21)25(22-12-6-2-7-13-22)23-14-8-3-9-15-23;1-3-4-2;1-2/h2-3,6-9,12-20H,1,4-5,10-11H2;3-4H,1-2H2;2H,1H3/q+1;;. The van der Waals surface area contributed by atoms with Crippen molar-refractivity contribution in [3.8, 4) is 0 Å². The first-order chi connectivity index (χ1) is 15.3. The second kappa shape index (κ2) is 14.5. The first-order valence-corrected chi connectivity index (χ1v) is 12.2. The molecule has 1 aliphatic carbocycles. The lowest BCUT2D eigenvalue weighted by Crippen LogP contribution is -2.07. The van der Waals surface area contributed by atoms with E-state index in [4.69, 9.17) is 5.11 Å². The molecule has 0 aliphatic heterocycles. The Labute approximate surface area is 191 Å². The van der Waals surface area contributed by atoms with Crippen LogP contribution >= 0.6 is 0 Å². The summed E-state index contributed by atoms with van der Waals surface area (Å²) in [6.07, 6.45) is 10.2. The maximum absolute atomic E-state index is 7.00. The zero-order valence-electron chi connectivity index (χ0n) is 18.6. The zero-order valence-corrected chi connectivity index (χ0v) is 19.4. The third-order valence-electron chi connectivity index (χ3n) is 5.32. The molecule has 0 bridgehead atoms. The van der Waals surface area contributed by atoms with Crippen LogP contribution in [0.25, 0.3) is 0 Å². The van der Waals surface area contributed by atoms with Gasteiger partial charge in [0.1, 0.15) is 0 Å². The second-order valence-corrected chi connectivity index (χ2v) is 9.33. The molecule has 1 fully saturated rings. The third-order valence-corrected chi connectivity index (χ3v) is 7.55. The number of aliphatic hydroxyl groups is 1. The molecule has 3 aromatic rings. The molecule has 0 heterocycles. The third kappa shape index (κ3) is 7.57. The molecule has 0 aromatic heterocycles. The van der Waals surface area contributed by atoms with Crippen molar-refractivity contribution in [2.75, 3.05) is 7.11 Å². The van der Waals surface area contributed by atoms with Crippen LogP contribution in [-0.2, 0) is 10.9 Å². The van der Waals surface area contributed by atoms with E-state index in [2.05, 4.69) is 98.1 Å². The lowest BCUT2D eigenvalue weighted by molar-refractivity contribution is 0.399. The summed E-state index contributed by atoms with van der Waals surface area (Å²) < 4.78 is 0. The van der Waals surface area contributed by atoms with E-state index < -0.39 is 0 Å². The summed E-state index contributed by atoms with van der Waals surface area (Å²) in [5, 5.41) is 7.00. The van der Waals surface area contributed by atoms with E-state index in [1.54, 1.807) is 12.2 Å². The van der Waals surface area contributed by atoms with Gasteiger partial charge in [0.15, 0.2) is 14.7 Å². The fraction of sp³-hybridized carbons (Fsp3) is 0.241. The molecule has 1 saturated carbocycles. The lowest BCUT2D eigenvalue weighted by atomic mass is 9.84. The molecule has 0 unspecified atom stereocenters. The number of benzene rings is 3. The summed E-state index contributed by atoms with van der Waals surface area (Å²) in [6, 6.07) is 31.3. The van der Waals surface area contributed by atoms with Crippen LogP contribution in [0.2, 0.25) is 0 Å². The van der Waals surface area contributed by atoms with E-state index in [1.165, 1.54) is 52.4 Å². The topological polar surface area (TPSA) is 20.2 Å². The number of hydrogen-bond donors (Lipinski definition) is 1. The van der Waals surface area contributed by atoms with Gasteiger partial charge in [0.25, 0.3) is 0 Å². The van der Waals surface area contributed by atoms with Crippen molar-refractivity contribution >= 4 is 10.9 Å². The minimum absolute atomic E-state index is 0.0278. The molecular formula is C29H35OS+. The van der Waals surface area contributed by atoms with Gasteiger partial charge in [0.2, 0.25) is 0 Å². The quantitative estimate of drug-likeness (QED) is 0.323. The van der Waals surface area contributed by atoms with Gasteiger partial charge >= 0.3 is 0 Å². The van der Waals surface area contributed by atoms with E-state index in [9.17, 15) is 0 Å². The van der Waals surface area contributed by atoms with Crippen LogP contribution in [0.1, 0.15) is 43.6 Å². The molecule has 4 rings (SSSR count). The Morgan fingerprint density at radius 3 is 1.48 bits per heavy atom. The van der Waals surface area contributed by atoms with Gasteiger partial charge in [-0.1, -0.05) is 93.1 Å². The first kappa shape index (κ1) is 24.7. The van der Waals surface area contributed by atoms with Crippen molar-refractivity contribution in [1.82, 2.24) is 0 Å². The molecule has 1 N–H and O–H groups in total. The largest absolute Gasteiger partial charge is 0.400 e. The molecular weight excluding hydrogens is 396 g/mol. The van der Waals surface area contributed by atoms with E-state index in [0.29, 0.717) is 0 Å². The molecule has 3 aromatic carbocycles. The van der Waals surface area contributed by atoms with Crippen LogP contribution in [0.5, 0.6) is 0 Å². The van der Waals surface area contributed by atoms with Crippen molar-refractivity contribution in [1.29, 1.82) is 0 Å². The fourth-order valence-electron chi connectivity index (χ4n) is 3.83. The maximum atomic E-state index is 7.00. The summed E-state index contributed by atoms with van der Waals surface area (Å²) >= 11 is 0. The van der Waals surface area contributed by atoms with Gasteiger partial charge in [-0.05, 0) is 60.7 Å². The van der Waals surface area contributed by atoms with Gasteiger partial charge in [-0.3, -0.25) is 0 Å². The van der Waals surface area contributed by atoms with E-state index >= 15 is 0 Å². The van der Waals surface area contributed by atoms with E-state index in [0.717, 1.165) is 13.0 Å². The van der Waals surface area contributed by atoms with Crippen LogP contribution in [-0.4, -0.2) is 12.2 Å². The molecule has 1 aliphatic rings. The minimum atomic E-state index is -0.0278. The second-order valence-electron chi connectivity index (χ2n) is 7.31. The Bertz CT molecular complexity index is 820. The number of rotatable bonds is 5. The zero-order chi connectivity index (χ0) is 22.3. The summed E-state index contributed by atoms with van der Waals surface area (Å²) in [5.41, 5.74) is 1.54. The molecule has 1 nitrogen and oxygen atoms in total. The molecule has 0 spiro atoms. The molecule has 0 saturated heterocycles. The summed E-state index contributed by atoms with van der Waals surface area (Å²) in [7, 11) is 0.972. The average molecular weight is 432 g/mol. The number of aliphatic hydroxyl groups excluding tert-OH is 1. The van der Waals surface area contributed by atoms with Gasteiger partial charge in [-0.15, -0.1) is 0 Å². The summed E-state index contributed by atoms with van der Waals surface area (Å²) in [5.74, 6) is 0.776. The monoisotopic (exact) mass is 431 g/mol. The van der Waals surface area contributed by atoms with Crippen molar-refractivity contribution < 1.29 is 5.11 Å². The molecule has 162 valence electrons. The van der Waals surface area contributed by atoms with Gasteiger partial charge in [0.05, 0.1) is 10.9 Å². The number of hydrogen-bond acceptors (Lipinski definition) is 1. The summed E-state index contributed by atoms with van der Waals surface area (Å²) in [4.78, 5) is 4.19. The van der Waals surface area contributed by atoms with Crippen LogP contribution in [0.15, 0.2) is 125 Å². The Balaban J connectivity index is 0.000000513. The average Bonchev–Trinajstić information content (AvgIpc) is 2.88. The van der Waals surface area contributed by atoms with Crippen molar-refractivity contribution in [2.45, 2.75) is 52.7 Å². The first-order valence-electron chi connectivity index (χ1n) is 11.0. The maximum Gasteiger partial charge on any atom is 0.166 e. The van der Waals surface area contributed by atoms with Crippen LogP contribution in [0.3, 0.4) is 0 Å². The number of allylic oxidation sites excluding steroid dienone is 2. The Morgan fingerprint density at radius 2 is 1.06 bits per heavy atom. The van der Waals surface area contributed by atoms with Crippen molar-refractivity contribution in [3.05, 3.63) is 116 Å². The molecule has 31 heavy (non-hydrogen) atoms. The van der Waals surface area contributed by atoms with Gasteiger partial charge < -0.3 is 5.11 Å². The van der Waals surface area contributed by atoms with Crippen LogP contribution < -0.4 is 0 Å². The smallest absolute Gasteiger partial charge is 0.166 e. The molecule has 0 atom stereocenters. The minimum Gasteiger partial charge on any atom is -0.400 e. The molecule has 0 amide bonds. The predicted octanol–water partition coefficient (Wildman–Crippen LogP) is 7.80. The Hall–Kier alpha value is -2.55. The Morgan fingerprint density at radius 1 is 0.645 bits per heavy atom. The highest BCUT2D eigenvalue weighted by Crippen LogP contribution is 2.35. The fourth-order valence-corrected chi connectivity index (χ4v) is 5.92. The van der Waals surface area contributed by atoms with E-state index in [1.807, 2.05) is 0 Å². The molecule has 2 heteroatoms. The normalized spacial score (nSPS) is 13.3. The lowest BCUT2D eigenvalue weighted by Gasteiger charge is -2.22. The summed E-state index contributed by atoms with van der Waals surface area (Å²) in [6.45, 7) is 6.72. The van der Waals surface area contributed by atoms with Gasteiger partial charge in [-0.2, -0.15) is 0 Å². The van der Waals surface area contributed by atoms with Gasteiger partial charge in [-0.25, -0.2) is 0 Å². The highest BCUT2D eigenvalue weighted by atomic mass is 32.2. The molecule has 0 radical (unpaired) electrons. The van der Waals surface area contributed by atoms with Crippen LogP contribution in [0, 0.1) is 0 Å². The Kier molecular flexibility index (Phi) is 11.5. The SMILES string of the molecule is C=CC=C.CO.c1ccc([S+](c2ccccc2)c2ccc(C3CCCCC3)cc2)cc1. The highest BCUT2D eigenvalue weighted by Gasteiger charge is 2.28. The van der Waals surface area contributed by atoms with E-state index in [-0.39, 0.29) is 10.9 Å². The van der Waals surface area contributed by atoms with Crippen molar-refractivity contribution in [3.63, 3.8) is 0 Å².